The van der Waals surface area contributed by atoms with Crippen molar-refractivity contribution in [3.8, 4) is 0 Å². The fourth-order valence-corrected chi connectivity index (χ4v) is 3.31. The lowest BCUT2D eigenvalue weighted by atomic mass is 10.0. The maximum absolute atomic E-state index is 12.7. The van der Waals surface area contributed by atoms with Gasteiger partial charge in [-0.15, -0.1) is 0 Å². The summed E-state index contributed by atoms with van der Waals surface area (Å²) in [5.41, 5.74) is 3.13. The van der Waals surface area contributed by atoms with Crippen LogP contribution in [0.15, 0.2) is 66.7 Å². The second-order valence-electron chi connectivity index (χ2n) is 8.45. The highest BCUT2D eigenvalue weighted by atomic mass is 16.6. The van der Waals surface area contributed by atoms with Gasteiger partial charge in [0.2, 0.25) is 0 Å². The molecule has 0 bridgehead atoms. The van der Waals surface area contributed by atoms with Gasteiger partial charge in [-0.25, -0.2) is 0 Å². The number of nitro groups is 1. The van der Waals surface area contributed by atoms with Gasteiger partial charge < -0.3 is 10.6 Å². The number of hydrogen-bond donors (Lipinski definition) is 2. The SMILES string of the molecule is CC(C)c1ccc(C(=O)Nc2ccc([N+](=O)[O-])c(NC(=O)c3ccc(C(C)C)cc3)c2)cc1. The largest absolute Gasteiger partial charge is 0.322 e. The first-order valence-corrected chi connectivity index (χ1v) is 10.8. The molecule has 0 aromatic heterocycles. The Kier molecular flexibility index (Phi) is 7.23. The zero-order chi connectivity index (χ0) is 24.1. The third-order valence-corrected chi connectivity index (χ3v) is 5.38. The van der Waals surface area contributed by atoms with Gasteiger partial charge in [0.15, 0.2) is 0 Å². The molecule has 2 amide bonds. The minimum atomic E-state index is -0.576. The highest BCUT2D eigenvalue weighted by molar-refractivity contribution is 6.07. The van der Waals surface area contributed by atoms with Crippen molar-refractivity contribution in [3.05, 3.63) is 99.1 Å². The van der Waals surface area contributed by atoms with Crippen molar-refractivity contribution in [2.75, 3.05) is 10.6 Å². The van der Waals surface area contributed by atoms with Gasteiger partial charge >= 0.3 is 0 Å². The summed E-state index contributed by atoms with van der Waals surface area (Å²) in [5.74, 6) is -0.142. The van der Waals surface area contributed by atoms with Crippen LogP contribution in [0.1, 0.15) is 71.4 Å². The molecule has 3 rings (SSSR count). The summed E-state index contributed by atoms with van der Waals surface area (Å²) < 4.78 is 0. The fourth-order valence-electron chi connectivity index (χ4n) is 3.31. The lowest BCUT2D eigenvalue weighted by Crippen LogP contribution is -2.15. The molecule has 0 aliphatic rings. The average molecular weight is 446 g/mol. The number of anilines is 2. The van der Waals surface area contributed by atoms with Crippen LogP contribution in [0.3, 0.4) is 0 Å². The molecule has 0 fully saturated rings. The monoisotopic (exact) mass is 445 g/mol. The normalized spacial score (nSPS) is 10.8. The van der Waals surface area contributed by atoms with Crippen molar-refractivity contribution in [2.45, 2.75) is 39.5 Å². The standard InChI is InChI=1S/C26H27N3O4/c1-16(2)18-5-9-20(10-6-18)25(30)27-22-13-14-24(29(32)33)23(15-22)28-26(31)21-11-7-19(8-12-21)17(3)4/h5-17H,1-4H3,(H,27,30)(H,28,31). The van der Waals surface area contributed by atoms with Crippen LogP contribution in [0, 0.1) is 10.1 Å². The van der Waals surface area contributed by atoms with Gasteiger partial charge in [-0.3, -0.25) is 19.7 Å². The van der Waals surface area contributed by atoms with E-state index in [2.05, 4.69) is 38.3 Å². The summed E-state index contributed by atoms with van der Waals surface area (Å²) in [5, 5.41) is 16.8. The van der Waals surface area contributed by atoms with Crippen LogP contribution >= 0.6 is 0 Å². The summed E-state index contributed by atoms with van der Waals surface area (Å²) in [7, 11) is 0. The molecule has 0 aliphatic carbocycles. The van der Waals surface area contributed by atoms with Crippen molar-refractivity contribution < 1.29 is 14.5 Å². The Morgan fingerprint density at radius 1 is 0.727 bits per heavy atom. The first kappa shape index (κ1) is 23.7. The maximum atomic E-state index is 12.7. The van der Waals surface area contributed by atoms with Crippen LogP contribution in [-0.4, -0.2) is 16.7 Å². The maximum Gasteiger partial charge on any atom is 0.292 e. The smallest absolute Gasteiger partial charge is 0.292 e. The van der Waals surface area contributed by atoms with E-state index in [0.717, 1.165) is 11.1 Å². The Balaban J connectivity index is 1.80. The van der Waals surface area contributed by atoms with Crippen molar-refractivity contribution in [3.63, 3.8) is 0 Å². The van der Waals surface area contributed by atoms with E-state index in [1.807, 2.05) is 24.3 Å². The van der Waals surface area contributed by atoms with Crippen LogP contribution in [0.4, 0.5) is 17.1 Å². The molecular formula is C26H27N3O4. The van der Waals surface area contributed by atoms with Gasteiger partial charge in [0.1, 0.15) is 5.69 Å². The zero-order valence-corrected chi connectivity index (χ0v) is 19.1. The van der Waals surface area contributed by atoms with Crippen molar-refractivity contribution in [1.82, 2.24) is 0 Å². The van der Waals surface area contributed by atoms with E-state index in [0.29, 0.717) is 28.7 Å². The lowest BCUT2D eigenvalue weighted by Gasteiger charge is -2.11. The van der Waals surface area contributed by atoms with Crippen molar-refractivity contribution in [1.29, 1.82) is 0 Å². The number of hydrogen-bond acceptors (Lipinski definition) is 4. The number of nitro benzene ring substituents is 1. The first-order chi connectivity index (χ1) is 15.7. The Morgan fingerprint density at radius 3 is 1.61 bits per heavy atom. The van der Waals surface area contributed by atoms with E-state index in [-0.39, 0.29) is 17.3 Å². The van der Waals surface area contributed by atoms with E-state index in [4.69, 9.17) is 0 Å². The lowest BCUT2D eigenvalue weighted by molar-refractivity contribution is -0.383. The molecule has 0 saturated carbocycles. The molecule has 7 heteroatoms. The second kappa shape index (κ2) is 10.1. The molecule has 3 aromatic rings. The third-order valence-electron chi connectivity index (χ3n) is 5.38. The van der Waals surface area contributed by atoms with Gasteiger partial charge in [-0.05, 0) is 59.4 Å². The van der Waals surface area contributed by atoms with Crippen LogP contribution in [0.2, 0.25) is 0 Å². The highest BCUT2D eigenvalue weighted by Gasteiger charge is 2.18. The number of nitrogens with zero attached hydrogens (tertiary/aromatic N) is 1. The van der Waals surface area contributed by atoms with Crippen LogP contribution in [0.25, 0.3) is 0 Å². The highest BCUT2D eigenvalue weighted by Crippen LogP contribution is 2.29. The summed E-state index contributed by atoms with van der Waals surface area (Å²) in [6.07, 6.45) is 0. The summed E-state index contributed by atoms with van der Waals surface area (Å²) >= 11 is 0. The second-order valence-corrected chi connectivity index (χ2v) is 8.45. The topological polar surface area (TPSA) is 101 Å². The average Bonchev–Trinajstić information content (AvgIpc) is 2.79. The Bertz CT molecular complexity index is 1170. The van der Waals surface area contributed by atoms with Crippen LogP contribution < -0.4 is 10.6 Å². The molecule has 3 aromatic carbocycles. The number of carbonyl (C=O) groups is 2. The van der Waals surface area contributed by atoms with E-state index < -0.39 is 10.8 Å². The Morgan fingerprint density at radius 2 is 1.18 bits per heavy atom. The molecule has 0 radical (unpaired) electrons. The molecule has 0 aliphatic heterocycles. The Labute approximate surface area is 193 Å². The van der Waals surface area contributed by atoms with Gasteiger partial charge in [0.05, 0.1) is 4.92 Å². The summed E-state index contributed by atoms with van der Waals surface area (Å²) in [6.45, 7) is 8.24. The number of benzene rings is 3. The van der Waals surface area contributed by atoms with E-state index >= 15 is 0 Å². The molecule has 33 heavy (non-hydrogen) atoms. The van der Waals surface area contributed by atoms with E-state index in [1.54, 1.807) is 24.3 Å². The van der Waals surface area contributed by atoms with Crippen molar-refractivity contribution >= 4 is 28.9 Å². The number of rotatable bonds is 7. The summed E-state index contributed by atoms with van der Waals surface area (Å²) in [4.78, 5) is 36.2. The Hall–Kier alpha value is -4.00. The fraction of sp³-hybridized carbons (Fsp3) is 0.231. The molecule has 0 atom stereocenters. The third kappa shape index (κ3) is 5.83. The first-order valence-electron chi connectivity index (χ1n) is 10.8. The van der Waals surface area contributed by atoms with Gasteiger partial charge in [-0.2, -0.15) is 0 Å². The predicted molar refractivity (Wildman–Crippen MR) is 130 cm³/mol. The van der Waals surface area contributed by atoms with Crippen LogP contribution in [-0.2, 0) is 0 Å². The molecule has 0 spiro atoms. The number of carbonyl (C=O) groups excluding carboxylic acids is 2. The van der Waals surface area contributed by atoms with Crippen molar-refractivity contribution in [2.24, 2.45) is 0 Å². The van der Waals surface area contributed by atoms with Crippen LogP contribution in [0.5, 0.6) is 0 Å². The molecular weight excluding hydrogens is 418 g/mol. The van der Waals surface area contributed by atoms with Gasteiger partial charge in [-0.1, -0.05) is 52.0 Å². The molecule has 0 unspecified atom stereocenters. The molecule has 2 N–H and O–H groups in total. The summed E-state index contributed by atoms with van der Waals surface area (Å²) in [6, 6.07) is 18.4. The van der Waals surface area contributed by atoms with Gasteiger partial charge in [0.25, 0.3) is 17.5 Å². The van der Waals surface area contributed by atoms with Gasteiger partial charge in [0, 0.05) is 22.9 Å². The quantitative estimate of drug-likeness (QED) is 0.327. The zero-order valence-electron chi connectivity index (χ0n) is 19.1. The van der Waals surface area contributed by atoms with E-state index in [9.17, 15) is 19.7 Å². The minimum absolute atomic E-state index is 0.00546. The number of amides is 2. The van der Waals surface area contributed by atoms with E-state index in [1.165, 1.54) is 18.2 Å². The molecule has 170 valence electrons. The number of nitrogens with one attached hydrogen (secondary N) is 2. The molecule has 0 heterocycles. The minimum Gasteiger partial charge on any atom is -0.322 e. The molecule has 7 nitrogen and oxygen atoms in total. The predicted octanol–water partition coefficient (Wildman–Crippen LogP) is 6.35. The molecule has 0 saturated heterocycles.